The van der Waals surface area contributed by atoms with Gasteiger partial charge in [0.2, 0.25) is 5.91 Å². The number of aryl methyl sites for hydroxylation is 2. The van der Waals surface area contributed by atoms with E-state index in [-0.39, 0.29) is 5.91 Å². The highest BCUT2D eigenvalue weighted by Gasteiger charge is 2.30. The van der Waals surface area contributed by atoms with Crippen LogP contribution >= 0.6 is 27.5 Å². The van der Waals surface area contributed by atoms with Crippen molar-refractivity contribution in [2.75, 3.05) is 6.54 Å². The number of nitrogens with one attached hydrogen (secondary N) is 1. The zero-order valence-corrected chi connectivity index (χ0v) is 15.1. The lowest BCUT2D eigenvalue weighted by molar-refractivity contribution is -0.128. The van der Waals surface area contributed by atoms with Crippen LogP contribution in [0.1, 0.15) is 26.0 Å². The molecule has 0 fully saturated rings. The van der Waals surface area contributed by atoms with Crippen LogP contribution in [0.25, 0.3) is 0 Å². The largest absolute Gasteiger partial charge is 0.354 e. The highest BCUT2D eigenvalue weighted by atomic mass is 79.9. The Morgan fingerprint density at radius 3 is 2.73 bits per heavy atom. The summed E-state index contributed by atoms with van der Waals surface area (Å²) in [6.07, 6.45) is 6.03. The quantitative estimate of drug-likeness (QED) is 0.774. The number of amides is 1. The summed E-state index contributed by atoms with van der Waals surface area (Å²) in [4.78, 5) is 12.3. The molecule has 0 unspecified atom stereocenters. The minimum Gasteiger partial charge on any atom is -0.354 e. The molecular formula is C14H19BrClN5O. The second kappa shape index (κ2) is 6.83. The van der Waals surface area contributed by atoms with Gasteiger partial charge >= 0.3 is 0 Å². The molecule has 2 aromatic rings. The Kier molecular flexibility index (Phi) is 5.28. The molecule has 8 heteroatoms. The van der Waals surface area contributed by atoms with E-state index in [1.165, 1.54) is 0 Å². The first-order valence-electron chi connectivity index (χ1n) is 6.99. The number of aromatic nitrogens is 4. The van der Waals surface area contributed by atoms with Gasteiger partial charge in [0.1, 0.15) is 5.54 Å². The first-order valence-corrected chi connectivity index (χ1v) is 8.16. The fourth-order valence-corrected chi connectivity index (χ4v) is 2.41. The predicted octanol–water partition coefficient (Wildman–Crippen LogP) is 2.75. The van der Waals surface area contributed by atoms with E-state index in [0.717, 1.165) is 16.6 Å². The smallest absolute Gasteiger partial charge is 0.247 e. The maximum absolute atomic E-state index is 12.3. The van der Waals surface area contributed by atoms with Crippen molar-refractivity contribution in [2.24, 2.45) is 0 Å². The van der Waals surface area contributed by atoms with Gasteiger partial charge in [0, 0.05) is 25.5 Å². The molecule has 0 saturated carbocycles. The molecule has 2 aromatic heterocycles. The van der Waals surface area contributed by atoms with E-state index in [1.807, 2.05) is 20.8 Å². The Morgan fingerprint density at radius 2 is 2.18 bits per heavy atom. The number of carbonyl (C=O) groups is 1. The monoisotopic (exact) mass is 387 g/mol. The normalized spacial score (nSPS) is 11.7. The van der Waals surface area contributed by atoms with Gasteiger partial charge in [-0.25, -0.2) is 0 Å². The average molecular weight is 389 g/mol. The fraction of sp³-hybridized carbons (Fsp3) is 0.500. The summed E-state index contributed by atoms with van der Waals surface area (Å²) in [6, 6.07) is 0. The van der Waals surface area contributed by atoms with Gasteiger partial charge in [0.15, 0.2) is 0 Å². The topological polar surface area (TPSA) is 64.7 Å². The molecule has 0 radical (unpaired) electrons. The zero-order valence-electron chi connectivity index (χ0n) is 12.8. The number of rotatable bonds is 6. The second-order valence-electron chi connectivity index (χ2n) is 5.60. The molecule has 2 heterocycles. The van der Waals surface area contributed by atoms with Crippen LogP contribution in [0.2, 0.25) is 5.02 Å². The minimum atomic E-state index is -0.738. The summed E-state index contributed by atoms with van der Waals surface area (Å²) in [5.41, 5.74) is 0.0774. The van der Waals surface area contributed by atoms with Crippen LogP contribution in [0.4, 0.5) is 0 Å². The Hall–Kier alpha value is -1.34. The van der Waals surface area contributed by atoms with Crippen molar-refractivity contribution in [3.05, 3.63) is 33.8 Å². The van der Waals surface area contributed by atoms with Crippen molar-refractivity contribution in [1.82, 2.24) is 24.9 Å². The molecule has 120 valence electrons. The lowest BCUT2D eigenvalue weighted by Gasteiger charge is -2.24. The summed E-state index contributed by atoms with van der Waals surface area (Å²) >= 11 is 9.29. The molecule has 0 spiro atoms. The molecule has 0 bridgehead atoms. The second-order valence-corrected chi connectivity index (χ2v) is 6.92. The molecule has 0 saturated heterocycles. The summed E-state index contributed by atoms with van der Waals surface area (Å²) in [7, 11) is 0. The highest BCUT2D eigenvalue weighted by Crippen LogP contribution is 2.17. The molecule has 1 N–H and O–H groups in total. The molecule has 1 amide bonds. The van der Waals surface area contributed by atoms with E-state index in [1.54, 1.807) is 28.0 Å². The van der Waals surface area contributed by atoms with Gasteiger partial charge in [-0.05, 0) is 43.1 Å². The molecule has 2 rings (SSSR count). The zero-order chi connectivity index (χ0) is 16.3. The van der Waals surface area contributed by atoms with Crippen LogP contribution in [0, 0.1) is 6.92 Å². The Balaban J connectivity index is 1.82. The summed E-state index contributed by atoms with van der Waals surface area (Å²) < 4.78 is 4.28. The van der Waals surface area contributed by atoms with Crippen LogP contribution in [0.3, 0.4) is 0 Å². The van der Waals surface area contributed by atoms with Gasteiger partial charge < -0.3 is 5.32 Å². The van der Waals surface area contributed by atoms with Crippen molar-refractivity contribution in [3.8, 4) is 0 Å². The molecule has 0 aromatic carbocycles. The van der Waals surface area contributed by atoms with Crippen molar-refractivity contribution in [2.45, 2.75) is 39.3 Å². The van der Waals surface area contributed by atoms with E-state index in [4.69, 9.17) is 11.6 Å². The van der Waals surface area contributed by atoms with Gasteiger partial charge in [0.05, 0.1) is 21.4 Å². The number of carbonyl (C=O) groups excluding carboxylic acids is 1. The van der Waals surface area contributed by atoms with Gasteiger partial charge in [0.25, 0.3) is 0 Å². The third-order valence-electron chi connectivity index (χ3n) is 3.42. The lowest BCUT2D eigenvalue weighted by Crippen LogP contribution is -2.45. The van der Waals surface area contributed by atoms with Crippen molar-refractivity contribution >= 4 is 33.4 Å². The molecule has 22 heavy (non-hydrogen) atoms. The Labute approximate surface area is 143 Å². The third kappa shape index (κ3) is 3.89. The average Bonchev–Trinajstić information content (AvgIpc) is 3.02. The van der Waals surface area contributed by atoms with E-state index in [9.17, 15) is 4.79 Å². The van der Waals surface area contributed by atoms with Gasteiger partial charge in [-0.2, -0.15) is 10.2 Å². The van der Waals surface area contributed by atoms with E-state index in [2.05, 4.69) is 31.4 Å². The van der Waals surface area contributed by atoms with E-state index >= 15 is 0 Å². The molecule has 0 atom stereocenters. The van der Waals surface area contributed by atoms with Gasteiger partial charge in [-0.3, -0.25) is 14.2 Å². The van der Waals surface area contributed by atoms with Crippen LogP contribution < -0.4 is 5.32 Å². The Bertz CT molecular complexity index is 644. The summed E-state index contributed by atoms with van der Waals surface area (Å²) in [5.74, 6) is -0.0715. The van der Waals surface area contributed by atoms with Crippen molar-refractivity contribution in [3.63, 3.8) is 0 Å². The number of hydrogen-bond acceptors (Lipinski definition) is 3. The number of halogens is 2. The number of hydrogen-bond donors (Lipinski definition) is 1. The molecular weight excluding hydrogens is 370 g/mol. The van der Waals surface area contributed by atoms with Gasteiger partial charge in [-0.15, -0.1) is 0 Å². The first-order chi connectivity index (χ1) is 10.3. The van der Waals surface area contributed by atoms with Crippen LogP contribution in [0.15, 0.2) is 23.1 Å². The third-order valence-corrected chi connectivity index (χ3v) is 4.20. The van der Waals surface area contributed by atoms with Crippen molar-refractivity contribution < 1.29 is 4.79 Å². The maximum atomic E-state index is 12.3. The fourth-order valence-electron chi connectivity index (χ4n) is 1.98. The van der Waals surface area contributed by atoms with E-state index < -0.39 is 5.54 Å². The summed E-state index contributed by atoms with van der Waals surface area (Å²) in [6.45, 7) is 6.81. The predicted molar refractivity (Wildman–Crippen MR) is 88.8 cm³/mol. The standard InChI is InChI=1S/C14H19BrClN5O/c1-10-12(16)9-20(19-10)6-4-5-17-13(22)14(2,3)21-8-11(15)7-18-21/h7-9H,4-6H2,1-3H3,(H,17,22). The lowest BCUT2D eigenvalue weighted by atomic mass is 10.1. The first kappa shape index (κ1) is 17.0. The van der Waals surface area contributed by atoms with Gasteiger partial charge in [-0.1, -0.05) is 11.6 Å². The molecule has 0 aliphatic heterocycles. The molecule has 6 nitrogen and oxygen atoms in total. The highest BCUT2D eigenvalue weighted by molar-refractivity contribution is 9.10. The number of nitrogens with zero attached hydrogens (tertiary/aromatic N) is 4. The SMILES string of the molecule is Cc1nn(CCCNC(=O)C(C)(C)n2cc(Br)cn2)cc1Cl. The van der Waals surface area contributed by atoms with Crippen LogP contribution in [-0.2, 0) is 16.9 Å². The minimum absolute atomic E-state index is 0.0715. The van der Waals surface area contributed by atoms with E-state index in [0.29, 0.717) is 18.1 Å². The van der Waals surface area contributed by atoms with Crippen LogP contribution in [0.5, 0.6) is 0 Å². The maximum Gasteiger partial charge on any atom is 0.247 e. The van der Waals surface area contributed by atoms with Crippen LogP contribution in [-0.4, -0.2) is 32.0 Å². The van der Waals surface area contributed by atoms with Crippen molar-refractivity contribution in [1.29, 1.82) is 0 Å². The summed E-state index contributed by atoms with van der Waals surface area (Å²) in [5, 5.41) is 12.1. The molecule has 0 aliphatic rings. The molecule has 0 aliphatic carbocycles. The Morgan fingerprint density at radius 1 is 1.45 bits per heavy atom.